The second-order valence-corrected chi connectivity index (χ2v) is 0. The van der Waals surface area contributed by atoms with Crippen LogP contribution in [-0.4, -0.2) is 342 Å². The third-order valence-corrected chi connectivity index (χ3v) is 0. The molecule has 0 nitrogen and oxygen atoms in total. The van der Waals surface area contributed by atoms with E-state index in [0.717, 1.165) is 0 Å². The van der Waals surface area contributed by atoms with Gasteiger partial charge in [-0.3, -0.25) is 0 Å². The minimum atomic E-state index is 0. The average molecular weight is 359 g/mol. The van der Waals surface area contributed by atoms with E-state index in [1.165, 1.54) is 50.3 Å². The molecule has 9 heteroatoms. The van der Waals surface area contributed by atoms with Gasteiger partial charge in [0, 0.05) is 291 Å². The summed E-state index contributed by atoms with van der Waals surface area (Å²) in [4.78, 5) is 0. The molecule has 0 aliphatic rings. The molecule has 0 aromatic rings. The van der Waals surface area contributed by atoms with Crippen molar-refractivity contribution in [3.63, 3.8) is 0 Å². The van der Waals surface area contributed by atoms with Crippen molar-refractivity contribution in [3.05, 3.63) is 0 Å². The standard InChI is InChI=1S/7Ca.2K. The summed E-state index contributed by atoms with van der Waals surface area (Å²) in [6.45, 7) is 0. The molecule has 0 saturated heterocycles. The molecule has 0 amide bonds. The van der Waals surface area contributed by atoms with Gasteiger partial charge >= 0.3 is 50.3 Å². The van der Waals surface area contributed by atoms with E-state index in [1.54, 1.807) is 0 Å². The van der Waals surface area contributed by atoms with Crippen molar-refractivity contribution in [1.82, 2.24) is 0 Å². The second kappa shape index (κ2) is 50.1. The van der Waals surface area contributed by atoms with Crippen molar-refractivity contribution < 1.29 is 0 Å². The molecule has 0 aromatic carbocycles. The molecule has 0 saturated carbocycles. The van der Waals surface area contributed by atoms with Crippen molar-refractivity contribution >= 4 is 342 Å². The smallest absolute Gasteiger partial charge is 0 e. The van der Waals surface area contributed by atoms with Gasteiger partial charge in [0.25, 0.3) is 0 Å². The van der Waals surface area contributed by atoms with Gasteiger partial charge in [-0.2, -0.15) is 0 Å². The average Bonchev–Trinajstić information content (AvgIpc) is 1.00. The number of hydrogen-bond donors (Lipinski definition) is 0. The molecule has 0 atom stereocenters. The Balaban J connectivity index is -0.000000000238. The van der Waals surface area contributed by atoms with E-state index in [2.05, 4.69) is 0 Å². The van der Waals surface area contributed by atoms with Gasteiger partial charge in [0.15, 0.2) is 0 Å². The molecule has 0 bridgehead atoms. The maximum absolute atomic E-state index is 1.50. The van der Waals surface area contributed by atoms with Gasteiger partial charge in [-0.25, -0.2) is 0 Å². The molecule has 9 heavy (non-hydrogen) atoms. The van der Waals surface area contributed by atoms with Crippen LogP contribution in [0.15, 0.2) is 0 Å². The molecule has 0 aromatic heterocycles. The topological polar surface area (TPSA) is 0 Å². The molecule has 0 aliphatic heterocycles. The van der Waals surface area contributed by atoms with E-state index < -0.39 is 0 Å². The third kappa shape index (κ3) is 45.0. The molecular weight excluding hydrogens is 359 g/mol. The summed E-state index contributed by atoms with van der Waals surface area (Å²) in [7, 11) is 0. The molecule has 0 spiro atoms. The van der Waals surface area contributed by atoms with E-state index >= 15 is 0 Å². The summed E-state index contributed by atoms with van der Waals surface area (Å²) < 4.78 is 0. The first-order chi connectivity index (χ1) is 1.00. The minimum Gasteiger partial charge on any atom is 0 e. The predicted molar refractivity (Wildman–Crippen MR) is 51.8 cm³/mol. The van der Waals surface area contributed by atoms with Crippen LogP contribution in [0.3, 0.4) is 0 Å². The van der Waals surface area contributed by atoms with Crippen molar-refractivity contribution in [2.75, 3.05) is 0 Å². The van der Waals surface area contributed by atoms with Crippen LogP contribution in [0, 0.1) is 0 Å². The van der Waals surface area contributed by atoms with E-state index in [1.807, 2.05) is 0 Å². The molecule has 0 N–H and O–H groups in total. The third-order valence-electron chi connectivity index (χ3n) is 0. The molecule has 16 valence electrons. The van der Waals surface area contributed by atoms with Crippen LogP contribution < -0.4 is 0 Å². The Morgan fingerprint density at radius 2 is 0.444 bits per heavy atom. The van der Waals surface area contributed by atoms with Gasteiger partial charge in [-0.05, 0) is 0 Å². The summed E-state index contributed by atoms with van der Waals surface area (Å²) in [6.07, 6.45) is 0. The fraction of sp³-hybridized carbons (Fsp3) is 0. The number of hydrogen-bond acceptors (Lipinski definition) is 0. The Hall–Kier alpha value is 12.1. The summed E-state index contributed by atoms with van der Waals surface area (Å²) in [6, 6.07) is 0. The van der Waals surface area contributed by atoms with E-state index in [-0.39, 0.29) is 291 Å². The predicted octanol–water partition coefficient (Wildman–Crippen LogP) is -3.43. The first-order valence-corrected chi connectivity index (χ1v) is 8.50. The maximum atomic E-state index is 1.50. The van der Waals surface area contributed by atoms with Crippen LogP contribution >= 0.6 is 0 Å². The first kappa shape index (κ1) is 49.7. The summed E-state index contributed by atoms with van der Waals surface area (Å²) >= 11 is 3.00. The molecule has 0 aliphatic carbocycles. The van der Waals surface area contributed by atoms with Crippen molar-refractivity contribution in [3.8, 4) is 0 Å². The zero-order valence-electron chi connectivity index (χ0n) is 6.95. The monoisotopic (exact) mass is 358 g/mol. The second-order valence-electron chi connectivity index (χ2n) is 0. The quantitative estimate of drug-likeness (QED) is 0.396. The van der Waals surface area contributed by atoms with E-state index in [9.17, 15) is 0 Å². The summed E-state index contributed by atoms with van der Waals surface area (Å²) in [5.74, 6) is 0. The Bertz CT molecular complexity index is 6.88. The van der Waals surface area contributed by atoms with Crippen molar-refractivity contribution in [1.29, 1.82) is 0 Å². The Kier molecular flexibility index (Phi) is 276. The molecule has 0 fully saturated rings. The first-order valence-electron chi connectivity index (χ1n) is 0.500. The molecule has 12 radical (unpaired) electrons. The van der Waals surface area contributed by atoms with Crippen LogP contribution in [0.25, 0.3) is 0 Å². The van der Waals surface area contributed by atoms with Gasteiger partial charge < -0.3 is 0 Å². The van der Waals surface area contributed by atoms with Gasteiger partial charge in [-0.15, -0.1) is 0 Å². The minimum absolute atomic E-state index is 0. The molecule has 0 heterocycles. The van der Waals surface area contributed by atoms with E-state index in [4.69, 9.17) is 0 Å². The maximum Gasteiger partial charge on any atom is 0 e. The fourth-order valence-corrected chi connectivity index (χ4v) is 0. The molecular formula is Ca7K2. The van der Waals surface area contributed by atoms with Gasteiger partial charge in [0.2, 0.25) is 0 Å². The van der Waals surface area contributed by atoms with E-state index in [0.29, 0.717) is 0 Å². The van der Waals surface area contributed by atoms with Gasteiger partial charge in [0.1, 0.15) is 0 Å². The van der Waals surface area contributed by atoms with Crippen LogP contribution in [0.1, 0.15) is 0 Å². The van der Waals surface area contributed by atoms with Crippen LogP contribution in [0.2, 0.25) is 0 Å². The largest absolute Gasteiger partial charge is 0 e. The molecule has 0 unspecified atom stereocenters. The van der Waals surface area contributed by atoms with Gasteiger partial charge in [0.05, 0.1) is 0 Å². The van der Waals surface area contributed by atoms with Crippen LogP contribution in [0.5, 0.6) is 0 Å². The Morgan fingerprint density at radius 3 is 0.444 bits per heavy atom. The summed E-state index contributed by atoms with van der Waals surface area (Å²) in [5.41, 5.74) is 0. The zero-order chi connectivity index (χ0) is 2.00. The zero-order valence-corrected chi connectivity index (χ0v) is 28.7. The normalized spacial score (nSPS) is 0.889. The molecule has 0 rings (SSSR count). The Labute approximate surface area is 327 Å². The SMILES string of the molecule is [Ca].[Ca].[Ca].[Ca].[Ca].[Ca]=[Ca].[K].[K]. The summed E-state index contributed by atoms with van der Waals surface area (Å²) in [5, 5.41) is 0. The Morgan fingerprint density at radius 1 is 0.444 bits per heavy atom. The number of rotatable bonds is 0. The fourth-order valence-electron chi connectivity index (χ4n) is 0. The van der Waals surface area contributed by atoms with Crippen molar-refractivity contribution in [2.45, 2.75) is 0 Å². The van der Waals surface area contributed by atoms with Crippen LogP contribution in [0.4, 0.5) is 0 Å². The van der Waals surface area contributed by atoms with Crippen molar-refractivity contribution in [2.24, 2.45) is 0 Å². The van der Waals surface area contributed by atoms with Crippen LogP contribution in [-0.2, 0) is 0 Å². The van der Waals surface area contributed by atoms with Gasteiger partial charge in [-0.1, -0.05) is 0 Å².